The van der Waals surface area contributed by atoms with Gasteiger partial charge in [-0.1, -0.05) is 29.5 Å². The number of hydrogen-bond donors (Lipinski definition) is 3. The Bertz CT molecular complexity index is 1640. The summed E-state index contributed by atoms with van der Waals surface area (Å²) < 4.78 is 13.6. The number of aromatic amines is 1. The molecule has 1 saturated carbocycles. The maximum absolute atomic E-state index is 13.6. The summed E-state index contributed by atoms with van der Waals surface area (Å²) in [6.07, 6.45) is 3.55. The van der Waals surface area contributed by atoms with E-state index in [1.807, 2.05) is 37.3 Å². The Morgan fingerprint density at radius 2 is 1.97 bits per heavy atom. The van der Waals surface area contributed by atoms with Crippen molar-refractivity contribution in [1.29, 1.82) is 0 Å². The van der Waals surface area contributed by atoms with E-state index in [0.29, 0.717) is 16.3 Å². The van der Waals surface area contributed by atoms with E-state index in [2.05, 4.69) is 20.6 Å². The van der Waals surface area contributed by atoms with Crippen LogP contribution < -0.4 is 10.6 Å². The number of anilines is 1. The Kier molecular flexibility index (Phi) is 5.49. The standard InChI is InChI=1S/C27H22FN5O2S/c1-14(16-3-2-4-18(28)11-16)30-25(35)20-13-29-22-8-7-17(12-19(20)22)21-9-10-23-26(31-21)36-27(32-23)33-24(34)15-5-6-15/h2-4,7-15,29H,5-6H2,1H3,(H,30,35)(H,32,33,34). The van der Waals surface area contributed by atoms with Crippen LogP contribution in [-0.2, 0) is 4.79 Å². The lowest BCUT2D eigenvalue weighted by Gasteiger charge is -2.14. The predicted molar refractivity (Wildman–Crippen MR) is 138 cm³/mol. The van der Waals surface area contributed by atoms with Crippen LogP contribution in [0.5, 0.6) is 0 Å². The molecule has 9 heteroatoms. The summed E-state index contributed by atoms with van der Waals surface area (Å²) in [4.78, 5) is 38.3. The lowest BCUT2D eigenvalue weighted by molar-refractivity contribution is -0.117. The van der Waals surface area contributed by atoms with E-state index >= 15 is 0 Å². The van der Waals surface area contributed by atoms with Crippen molar-refractivity contribution >= 4 is 49.5 Å². The quantitative estimate of drug-likeness (QED) is 0.274. The second kappa shape index (κ2) is 8.83. The molecule has 36 heavy (non-hydrogen) atoms. The average molecular weight is 500 g/mol. The Morgan fingerprint density at radius 1 is 1.11 bits per heavy atom. The molecule has 0 saturated heterocycles. The zero-order valence-corrected chi connectivity index (χ0v) is 20.2. The number of fused-ring (bicyclic) bond motifs is 2. The third-order valence-electron chi connectivity index (χ3n) is 6.35. The molecular weight excluding hydrogens is 477 g/mol. The van der Waals surface area contributed by atoms with Crippen molar-refractivity contribution in [3.8, 4) is 11.3 Å². The molecule has 1 atom stereocenters. The fourth-order valence-corrected chi connectivity index (χ4v) is 5.03. The van der Waals surface area contributed by atoms with E-state index < -0.39 is 0 Å². The summed E-state index contributed by atoms with van der Waals surface area (Å²) in [5.74, 6) is -0.466. The van der Waals surface area contributed by atoms with Crippen molar-refractivity contribution in [3.05, 3.63) is 77.7 Å². The molecule has 1 fully saturated rings. The lowest BCUT2D eigenvalue weighted by Crippen LogP contribution is -2.26. The number of amides is 2. The molecule has 3 heterocycles. The number of pyridine rings is 1. The predicted octanol–water partition coefficient (Wildman–Crippen LogP) is 5.82. The van der Waals surface area contributed by atoms with Crippen LogP contribution >= 0.6 is 11.3 Å². The molecule has 6 rings (SSSR count). The highest BCUT2D eigenvalue weighted by Crippen LogP contribution is 2.33. The highest BCUT2D eigenvalue weighted by atomic mass is 32.1. The zero-order valence-electron chi connectivity index (χ0n) is 19.3. The van der Waals surface area contributed by atoms with Gasteiger partial charge >= 0.3 is 0 Å². The maximum atomic E-state index is 13.6. The Hall–Kier alpha value is -4.11. The first-order valence-electron chi connectivity index (χ1n) is 11.7. The molecule has 7 nitrogen and oxygen atoms in total. The number of halogens is 1. The van der Waals surface area contributed by atoms with E-state index in [1.165, 1.54) is 23.5 Å². The summed E-state index contributed by atoms with van der Waals surface area (Å²) in [6.45, 7) is 1.82. The number of nitrogens with zero attached hydrogens (tertiary/aromatic N) is 2. The summed E-state index contributed by atoms with van der Waals surface area (Å²) in [5, 5.41) is 7.15. The topological polar surface area (TPSA) is 99.8 Å². The van der Waals surface area contributed by atoms with Crippen LogP contribution in [-0.4, -0.2) is 26.8 Å². The second-order valence-corrected chi connectivity index (χ2v) is 9.99. The molecule has 2 amide bonds. The molecule has 0 bridgehead atoms. The third-order valence-corrected chi connectivity index (χ3v) is 7.23. The number of benzene rings is 2. The number of carbonyl (C=O) groups is 2. The first-order chi connectivity index (χ1) is 17.4. The van der Waals surface area contributed by atoms with Crippen LogP contribution in [0.2, 0.25) is 0 Å². The first-order valence-corrected chi connectivity index (χ1v) is 12.5. The number of aromatic nitrogens is 3. The highest BCUT2D eigenvalue weighted by Gasteiger charge is 2.30. The van der Waals surface area contributed by atoms with Gasteiger partial charge in [-0.3, -0.25) is 9.59 Å². The van der Waals surface area contributed by atoms with E-state index in [1.54, 1.807) is 18.3 Å². The molecule has 1 aliphatic carbocycles. The van der Waals surface area contributed by atoms with Crippen molar-refractivity contribution in [2.24, 2.45) is 5.92 Å². The fourth-order valence-electron chi connectivity index (χ4n) is 4.19. The van der Waals surface area contributed by atoms with Crippen LogP contribution in [0.15, 0.2) is 60.8 Å². The molecule has 3 N–H and O–H groups in total. The van der Waals surface area contributed by atoms with Crippen molar-refractivity contribution < 1.29 is 14.0 Å². The van der Waals surface area contributed by atoms with Gasteiger partial charge in [0.2, 0.25) is 5.91 Å². The van der Waals surface area contributed by atoms with Gasteiger partial charge in [0.1, 0.15) is 16.2 Å². The number of nitrogens with one attached hydrogen (secondary N) is 3. The number of carbonyl (C=O) groups excluding carboxylic acids is 2. The van der Waals surface area contributed by atoms with Crippen molar-refractivity contribution in [2.75, 3.05) is 5.32 Å². The number of rotatable bonds is 6. The maximum Gasteiger partial charge on any atom is 0.253 e. The molecule has 5 aromatic rings. The molecule has 3 aromatic heterocycles. The van der Waals surface area contributed by atoms with Crippen molar-refractivity contribution in [2.45, 2.75) is 25.8 Å². The second-order valence-electron chi connectivity index (χ2n) is 9.02. The van der Waals surface area contributed by atoms with Crippen LogP contribution in [0, 0.1) is 11.7 Å². The Balaban J connectivity index is 1.27. The summed E-state index contributed by atoms with van der Waals surface area (Å²) in [5.41, 5.74) is 4.34. The Labute approximate surface area is 209 Å². The van der Waals surface area contributed by atoms with Crippen LogP contribution in [0.1, 0.15) is 41.7 Å². The van der Waals surface area contributed by atoms with Gasteiger partial charge in [-0.15, -0.1) is 0 Å². The highest BCUT2D eigenvalue weighted by molar-refractivity contribution is 7.22. The molecule has 0 spiro atoms. The minimum absolute atomic E-state index is 0.0183. The summed E-state index contributed by atoms with van der Waals surface area (Å²) in [7, 11) is 0. The monoisotopic (exact) mass is 499 g/mol. The van der Waals surface area contributed by atoms with Crippen LogP contribution in [0.3, 0.4) is 0 Å². The molecule has 0 radical (unpaired) electrons. The van der Waals surface area contributed by atoms with Gasteiger partial charge in [0.15, 0.2) is 5.13 Å². The van der Waals surface area contributed by atoms with Crippen LogP contribution in [0.4, 0.5) is 9.52 Å². The molecular formula is C27H22FN5O2S. The number of H-pyrrole nitrogens is 1. The number of thiazole rings is 1. The van der Waals surface area contributed by atoms with E-state index in [4.69, 9.17) is 4.98 Å². The van der Waals surface area contributed by atoms with Gasteiger partial charge < -0.3 is 15.6 Å². The minimum atomic E-state index is -0.355. The van der Waals surface area contributed by atoms with E-state index in [-0.39, 0.29) is 29.6 Å². The molecule has 0 aliphatic heterocycles. The fraction of sp³-hybridized carbons (Fsp3) is 0.185. The van der Waals surface area contributed by atoms with Gasteiger partial charge in [0, 0.05) is 28.6 Å². The molecule has 180 valence electrons. The van der Waals surface area contributed by atoms with Gasteiger partial charge in [0.25, 0.3) is 5.91 Å². The van der Waals surface area contributed by atoms with Crippen molar-refractivity contribution in [1.82, 2.24) is 20.3 Å². The van der Waals surface area contributed by atoms with Gasteiger partial charge in [0.05, 0.1) is 17.3 Å². The number of hydrogen-bond acceptors (Lipinski definition) is 5. The largest absolute Gasteiger partial charge is 0.360 e. The SMILES string of the molecule is CC(NC(=O)c1c[nH]c2ccc(-c3ccc4nc(NC(=O)C5CC5)sc4n3)cc12)c1cccc(F)c1. The van der Waals surface area contributed by atoms with Crippen LogP contribution in [0.25, 0.3) is 32.5 Å². The molecule has 2 aromatic carbocycles. The van der Waals surface area contributed by atoms with Gasteiger partial charge in [-0.2, -0.15) is 0 Å². The third kappa shape index (κ3) is 4.33. The zero-order chi connectivity index (χ0) is 24.8. The Morgan fingerprint density at radius 3 is 2.78 bits per heavy atom. The molecule has 1 aliphatic rings. The summed E-state index contributed by atoms with van der Waals surface area (Å²) >= 11 is 1.35. The van der Waals surface area contributed by atoms with E-state index in [9.17, 15) is 14.0 Å². The molecule has 1 unspecified atom stereocenters. The first kappa shape index (κ1) is 22.4. The minimum Gasteiger partial charge on any atom is -0.360 e. The lowest BCUT2D eigenvalue weighted by atomic mass is 10.0. The summed E-state index contributed by atoms with van der Waals surface area (Å²) in [6, 6.07) is 15.4. The van der Waals surface area contributed by atoms with Gasteiger partial charge in [-0.25, -0.2) is 14.4 Å². The average Bonchev–Trinajstić information content (AvgIpc) is 3.52. The van der Waals surface area contributed by atoms with Crippen molar-refractivity contribution in [3.63, 3.8) is 0 Å². The normalized spacial score (nSPS) is 14.2. The smallest absolute Gasteiger partial charge is 0.253 e. The van der Waals surface area contributed by atoms with E-state index in [0.717, 1.165) is 45.3 Å². The van der Waals surface area contributed by atoms with Gasteiger partial charge in [-0.05, 0) is 61.7 Å².